The zero-order chi connectivity index (χ0) is 25.8. The van der Waals surface area contributed by atoms with Crippen molar-refractivity contribution in [2.24, 2.45) is 11.8 Å². The van der Waals surface area contributed by atoms with Gasteiger partial charge in [0.1, 0.15) is 6.04 Å². The predicted octanol–water partition coefficient (Wildman–Crippen LogP) is 4.41. The van der Waals surface area contributed by atoms with Crippen LogP contribution in [0.25, 0.3) is 6.08 Å². The van der Waals surface area contributed by atoms with Crippen LogP contribution < -0.4 is 14.4 Å². The molecule has 0 spiro atoms. The van der Waals surface area contributed by atoms with Crippen LogP contribution in [-0.4, -0.2) is 42.8 Å². The average molecular weight is 495 g/mol. The lowest BCUT2D eigenvalue weighted by molar-refractivity contribution is -0.123. The number of fused-ring (bicyclic) bond motifs is 5. The van der Waals surface area contributed by atoms with E-state index in [0.717, 1.165) is 16.7 Å². The highest BCUT2D eigenvalue weighted by Gasteiger charge is 2.64. The lowest BCUT2D eigenvalue weighted by Gasteiger charge is -2.35. The molecule has 6 rings (SSSR count). The number of carbonyl (C=O) groups is 3. The summed E-state index contributed by atoms with van der Waals surface area (Å²) in [5.74, 6) is -1.45. The number of anilines is 1. The van der Waals surface area contributed by atoms with E-state index in [2.05, 4.69) is 0 Å². The van der Waals surface area contributed by atoms with Crippen LogP contribution in [0.1, 0.15) is 33.1 Å². The van der Waals surface area contributed by atoms with E-state index >= 15 is 0 Å². The van der Waals surface area contributed by atoms with Gasteiger partial charge in [0, 0.05) is 11.8 Å². The Morgan fingerprint density at radius 3 is 2.27 bits per heavy atom. The van der Waals surface area contributed by atoms with E-state index in [-0.39, 0.29) is 17.6 Å². The van der Waals surface area contributed by atoms with Crippen LogP contribution in [0.5, 0.6) is 11.5 Å². The molecule has 37 heavy (non-hydrogen) atoms. The van der Waals surface area contributed by atoms with E-state index in [9.17, 15) is 14.4 Å². The molecular formula is C30H26N2O5. The highest BCUT2D eigenvalue weighted by Crippen LogP contribution is 2.53. The van der Waals surface area contributed by atoms with Crippen molar-refractivity contribution in [1.29, 1.82) is 0 Å². The summed E-state index contributed by atoms with van der Waals surface area (Å²) in [6.07, 6.45) is 3.79. The minimum absolute atomic E-state index is 0.241. The molecule has 0 radical (unpaired) electrons. The Labute approximate surface area is 214 Å². The van der Waals surface area contributed by atoms with Crippen molar-refractivity contribution in [2.75, 3.05) is 19.1 Å². The zero-order valence-electron chi connectivity index (χ0n) is 20.8. The van der Waals surface area contributed by atoms with Gasteiger partial charge < -0.3 is 14.4 Å². The number of ketones is 1. The molecule has 0 N–H and O–H groups in total. The number of Topliss-reactive ketones (excluding diaryl/α,β-unsaturated/α-hetero) is 1. The van der Waals surface area contributed by atoms with Crippen molar-refractivity contribution >= 4 is 29.4 Å². The van der Waals surface area contributed by atoms with Crippen molar-refractivity contribution < 1.29 is 23.9 Å². The number of amides is 2. The van der Waals surface area contributed by atoms with E-state index in [1.54, 1.807) is 30.3 Å². The lowest BCUT2D eigenvalue weighted by Crippen LogP contribution is -2.44. The molecule has 0 aromatic heterocycles. The van der Waals surface area contributed by atoms with Crippen LogP contribution in [0, 0.1) is 18.8 Å². The smallest absolute Gasteiger partial charge is 0.240 e. The Kier molecular flexibility index (Phi) is 5.37. The molecule has 2 fully saturated rings. The molecule has 2 saturated heterocycles. The number of ether oxygens (including phenoxy) is 2. The van der Waals surface area contributed by atoms with E-state index in [0.29, 0.717) is 22.7 Å². The van der Waals surface area contributed by atoms with Gasteiger partial charge in [0.05, 0.1) is 37.8 Å². The second-order valence-electron chi connectivity index (χ2n) is 9.61. The van der Waals surface area contributed by atoms with Crippen molar-refractivity contribution in [3.05, 3.63) is 95.2 Å². The summed E-state index contributed by atoms with van der Waals surface area (Å²) in [5, 5.41) is 0. The molecule has 4 atom stereocenters. The maximum Gasteiger partial charge on any atom is 0.240 e. The van der Waals surface area contributed by atoms with Crippen molar-refractivity contribution in [3.8, 4) is 11.5 Å². The number of aryl methyl sites for hydroxylation is 1. The molecule has 2 amide bonds. The van der Waals surface area contributed by atoms with Gasteiger partial charge in [0.2, 0.25) is 11.8 Å². The fourth-order valence-electron chi connectivity index (χ4n) is 5.97. The van der Waals surface area contributed by atoms with Crippen LogP contribution in [0.3, 0.4) is 0 Å². The van der Waals surface area contributed by atoms with Crippen molar-refractivity contribution in [2.45, 2.75) is 19.0 Å². The third kappa shape index (κ3) is 3.38. The molecular weight excluding hydrogens is 468 g/mol. The second-order valence-corrected chi connectivity index (χ2v) is 9.61. The van der Waals surface area contributed by atoms with Crippen LogP contribution >= 0.6 is 0 Å². The third-order valence-corrected chi connectivity index (χ3v) is 7.69. The molecule has 3 aliphatic heterocycles. The molecule has 1 unspecified atom stereocenters. The molecule has 3 aromatic rings. The molecule has 7 heteroatoms. The molecule has 0 saturated carbocycles. The van der Waals surface area contributed by atoms with Gasteiger partial charge in [-0.15, -0.1) is 0 Å². The summed E-state index contributed by atoms with van der Waals surface area (Å²) in [6.45, 7) is 1.95. The van der Waals surface area contributed by atoms with Gasteiger partial charge in [-0.1, -0.05) is 42.0 Å². The topological polar surface area (TPSA) is 76.2 Å². The van der Waals surface area contributed by atoms with Crippen LogP contribution in [0.4, 0.5) is 5.69 Å². The summed E-state index contributed by atoms with van der Waals surface area (Å²) >= 11 is 0. The van der Waals surface area contributed by atoms with E-state index in [4.69, 9.17) is 9.47 Å². The molecule has 186 valence electrons. The quantitative estimate of drug-likeness (QED) is 0.386. The minimum Gasteiger partial charge on any atom is -0.493 e. The van der Waals surface area contributed by atoms with Gasteiger partial charge in [-0.2, -0.15) is 0 Å². The first-order valence-corrected chi connectivity index (χ1v) is 12.2. The predicted molar refractivity (Wildman–Crippen MR) is 138 cm³/mol. The Morgan fingerprint density at radius 1 is 0.838 bits per heavy atom. The fraction of sp³-hybridized carbons (Fsp3) is 0.233. The van der Waals surface area contributed by atoms with Gasteiger partial charge in [-0.05, 0) is 54.5 Å². The maximum atomic E-state index is 14.1. The summed E-state index contributed by atoms with van der Waals surface area (Å²) in [5.41, 5.74) is 3.87. The van der Waals surface area contributed by atoms with Crippen molar-refractivity contribution in [1.82, 2.24) is 4.90 Å². The standard InChI is InChI=1S/C30H26N2O5/c1-17-8-11-20(12-9-17)32-29(34)24-25(30(32)35)27(28(33)19-10-13-22(36-2)23(16-19)37-3)31-15-14-18-6-4-5-7-21(18)26(24)31/h4-16,24-27H,1-3H3/t24-,25+,26?,27-/m0/s1. The van der Waals surface area contributed by atoms with Gasteiger partial charge >= 0.3 is 0 Å². The van der Waals surface area contributed by atoms with Crippen LogP contribution in [-0.2, 0) is 9.59 Å². The number of hydrogen-bond donors (Lipinski definition) is 0. The third-order valence-electron chi connectivity index (χ3n) is 7.69. The first-order chi connectivity index (χ1) is 17.9. The number of methoxy groups -OCH3 is 2. The van der Waals surface area contributed by atoms with E-state index in [1.807, 2.05) is 60.5 Å². The monoisotopic (exact) mass is 494 g/mol. The maximum absolute atomic E-state index is 14.1. The molecule has 7 nitrogen and oxygen atoms in total. The molecule has 0 aliphatic carbocycles. The molecule has 3 heterocycles. The lowest BCUT2D eigenvalue weighted by atomic mass is 9.83. The normalized spacial score (nSPS) is 23.5. The number of hydrogen-bond acceptors (Lipinski definition) is 6. The van der Waals surface area contributed by atoms with Crippen molar-refractivity contribution in [3.63, 3.8) is 0 Å². The number of rotatable bonds is 5. The Hall–Kier alpha value is -4.39. The number of benzene rings is 3. The highest BCUT2D eigenvalue weighted by molar-refractivity contribution is 6.24. The minimum atomic E-state index is -0.843. The van der Waals surface area contributed by atoms with E-state index in [1.165, 1.54) is 19.1 Å². The van der Waals surface area contributed by atoms with Crippen LogP contribution in [0.2, 0.25) is 0 Å². The molecule has 3 aliphatic rings. The summed E-state index contributed by atoms with van der Waals surface area (Å²) in [7, 11) is 3.04. The number of imide groups is 1. The Bertz CT molecular complexity index is 1460. The molecule has 3 aromatic carbocycles. The number of nitrogens with zero attached hydrogens (tertiary/aromatic N) is 2. The molecule has 0 bridgehead atoms. The fourth-order valence-corrected chi connectivity index (χ4v) is 5.97. The van der Waals surface area contributed by atoms with Crippen LogP contribution in [0.15, 0.2) is 72.9 Å². The van der Waals surface area contributed by atoms with Gasteiger partial charge in [-0.3, -0.25) is 14.4 Å². The SMILES string of the molecule is COc1ccc(C(=O)[C@@H]2[C@@H]3C(=O)N(c4ccc(C)cc4)C(=O)[C@@H]3C3c4ccccc4C=CN32)cc1OC. The van der Waals surface area contributed by atoms with E-state index < -0.39 is 23.9 Å². The summed E-state index contributed by atoms with van der Waals surface area (Å²) < 4.78 is 10.7. The largest absolute Gasteiger partial charge is 0.493 e. The van der Waals surface area contributed by atoms with Gasteiger partial charge in [-0.25, -0.2) is 4.90 Å². The second kappa shape index (κ2) is 8.62. The average Bonchev–Trinajstić information content (AvgIpc) is 3.40. The van der Waals surface area contributed by atoms with Gasteiger partial charge in [0.15, 0.2) is 17.3 Å². The number of carbonyl (C=O) groups excluding carboxylic acids is 3. The first-order valence-electron chi connectivity index (χ1n) is 12.2. The Morgan fingerprint density at radius 2 is 1.54 bits per heavy atom. The first kappa shape index (κ1) is 23.0. The summed E-state index contributed by atoms with van der Waals surface area (Å²) in [4.78, 5) is 45.2. The summed E-state index contributed by atoms with van der Waals surface area (Å²) in [6, 6.07) is 18.9. The van der Waals surface area contributed by atoms with Gasteiger partial charge in [0.25, 0.3) is 0 Å². The Balaban J connectivity index is 1.48. The highest BCUT2D eigenvalue weighted by atomic mass is 16.5. The zero-order valence-corrected chi connectivity index (χ0v) is 20.8.